The highest BCUT2D eigenvalue weighted by molar-refractivity contribution is 5.95. The third-order valence-corrected chi connectivity index (χ3v) is 2.87. The number of amides is 4. The molecule has 1 aliphatic rings. The Morgan fingerprint density at radius 2 is 2.20 bits per heavy atom. The van der Waals surface area contributed by atoms with Crippen molar-refractivity contribution in [2.24, 2.45) is 5.73 Å². The number of nitrogens with zero attached hydrogens (tertiary/aromatic N) is 1. The lowest BCUT2D eigenvalue weighted by molar-refractivity contribution is -0.127. The number of nitrogens with one attached hydrogen (secondary N) is 3. The van der Waals surface area contributed by atoms with Crippen LogP contribution in [-0.2, 0) is 14.3 Å². The minimum Gasteiger partial charge on any atom is -0.383 e. The van der Waals surface area contributed by atoms with Crippen molar-refractivity contribution >= 4 is 17.8 Å². The molecule has 20 heavy (non-hydrogen) atoms. The van der Waals surface area contributed by atoms with Crippen molar-refractivity contribution in [3.63, 3.8) is 0 Å². The Morgan fingerprint density at radius 3 is 2.85 bits per heavy atom. The molecule has 9 heteroatoms. The highest BCUT2D eigenvalue weighted by Crippen LogP contribution is 2.01. The molecule has 4 amide bonds. The van der Waals surface area contributed by atoms with Gasteiger partial charge in [0.25, 0.3) is 0 Å². The highest BCUT2D eigenvalue weighted by atomic mass is 16.5. The molecular formula is C11H21N5O4. The van der Waals surface area contributed by atoms with Crippen molar-refractivity contribution in [1.29, 1.82) is 0 Å². The van der Waals surface area contributed by atoms with Gasteiger partial charge < -0.3 is 21.1 Å². The first kappa shape index (κ1) is 16.3. The van der Waals surface area contributed by atoms with Crippen molar-refractivity contribution < 1.29 is 19.1 Å². The number of carbonyl (C=O) groups is 3. The van der Waals surface area contributed by atoms with Crippen LogP contribution in [0.4, 0.5) is 4.79 Å². The summed E-state index contributed by atoms with van der Waals surface area (Å²) in [5, 5.41) is 7.68. The Labute approximate surface area is 117 Å². The first-order valence-corrected chi connectivity index (χ1v) is 6.35. The maximum atomic E-state index is 11.7. The second-order valence-electron chi connectivity index (χ2n) is 4.39. The minimum atomic E-state index is -0.585. The zero-order valence-corrected chi connectivity index (χ0v) is 11.5. The van der Waals surface area contributed by atoms with Gasteiger partial charge in [-0.05, 0) is 0 Å². The standard InChI is InChI=1S/C11H21N5O4/c1-20-5-3-14-11(19)15-9(17)7-16-4-2-13-6-8(16)10(12)18/h8,13H,2-7H2,1H3,(H2,12,18)(H2,14,15,17,19). The molecule has 0 aromatic rings. The molecule has 0 bridgehead atoms. The molecule has 1 unspecified atom stereocenters. The highest BCUT2D eigenvalue weighted by Gasteiger charge is 2.28. The van der Waals surface area contributed by atoms with Gasteiger partial charge in [-0.1, -0.05) is 0 Å². The van der Waals surface area contributed by atoms with E-state index in [1.54, 1.807) is 4.90 Å². The lowest BCUT2D eigenvalue weighted by atomic mass is 10.2. The molecule has 9 nitrogen and oxygen atoms in total. The van der Waals surface area contributed by atoms with E-state index in [1.807, 2.05) is 0 Å². The molecule has 0 aliphatic carbocycles. The Hall–Kier alpha value is -1.71. The van der Waals surface area contributed by atoms with E-state index < -0.39 is 23.9 Å². The third-order valence-electron chi connectivity index (χ3n) is 2.87. The SMILES string of the molecule is COCCNC(=O)NC(=O)CN1CCNCC1C(N)=O. The normalized spacial score (nSPS) is 19.4. The predicted octanol–water partition coefficient (Wildman–Crippen LogP) is -2.78. The molecule has 1 fully saturated rings. The molecule has 1 atom stereocenters. The molecule has 0 spiro atoms. The fourth-order valence-corrected chi connectivity index (χ4v) is 1.88. The minimum absolute atomic E-state index is 0.0486. The van der Waals surface area contributed by atoms with Gasteiger partial charge in [0.15, 0.2) is 0 Å². The summed E-state index contributed by atoms with van der Waals surface area (Å²) in [4.78, 5) is 36.0. The summed E-state index contributed by atoms with van der Waals surface area (Å²) in [6.07, 6.45) is 0. The number of piperazine rings is 1. The van der Waals surface area contributed by atoms with E-state index in [9.17, 15) is 14.4 Å². The fourth-order valence-electron chi connectivity index (χ4n) is 1.88. The second-order valence-corrected chi connectivity index (χ2v) is 4.39. The first-order chi connectivity index (χ1) is 9.54. The Balaban J connectivity index is 2.36. The van der Waals surface area contributed by atoms with Gasteiger partial charge in [0.1, 0.15) is 6.04 Å². The molecule has 0 saturated carbocycles. The number of ether oxygens (including phenoxy) is 1. The smallest absolute Gasteiger partial charge is 0.321 e. The van der Waals surface area contributed by atoms with Gasteiger partial charge in [-0.15, -0.1) is 0 Å². The van der Waals surface area contributed by atoms with Crippen LogP contribution in [0.25, 0.3) is 0 Å². The third kappa shape index (κ3) is 5.51. The number of rotatable bonds is 6. The number of carbonyl (C=O) groups excluding carboxylic acids is 3. The van der Waals surface area contributed by atoms with Crippen LogP contribution in [0.1, 0.15) is 0 Å². The molecule has 5 N–H and O–H groups in total. The van der Waals surface area contributed by atoms with Crippen molar-refractivity contribution in [2.45, 2.75) is 6.04 Å². The lowest BCUT2D eigenvalue weighted by Gasteiger charge is -2.33. The molecule has 0 aromatic carbocycles. The van der Waals surface area contributed by atoms with Crippen LogP contribution in [0.2, 0.25) is 0 Å². The van der Waals surface area contributed by atoms with Crippen LogP contribution < -0.4 is 21.7 Å². The molecule has 1 saturated heterocycles. The topological polar surface area (TPSA) is 126 Å². The number of nitrogens with two attached hydrogens (primary N) is 1. The van der Waals surface area contributed by atoms with Crippen molar-refractivity contribution in [3.05, 3.63) is 0 Å². The van der Waals surface area contributed by atoms with E-state index in [4.69, 9.17) is 10.5 Å². The molecule has 1 rings (SSSR count). The van der Waals surface area contributed by atoms with Crippen molar-refractivity contribution in [3.8, 4) is 0 Å². The second kappa shape index (κ2) is 8.46. The van der Waals surface area contributed by atoms with Gasteiger partial charge in [0.2, 0.25) is 11.8 Å². The van der Waals surface area contributed by atoms with Gasteiger partial charge in [-0.2, -0.15) is 0 Å². The average Bonchev–Trinajstić information content (AvgIpc) is 2.39. The van der Waals surface area contributed by atoms with Gasteiger partial charge >= 0.3 is 6.03 Å². The molecular weight excluding hydrogens is 266 g/mol. The molecule has 114 valence electrons. The monoisotopic (exact) mass is 287 g/mol. The van der Waals surface area contributed by atoms with Gasteiger partial charge in [0, 0.05) is 33.3 Å². The summed E-state index contributed by atoms with van der Waals surface area (Å²) in [6, 6.07) is -1.12. The summed E-state index contributed by atoms with van der Waals surface area (Å²) < 4.78 is 4.77. The number of imide groups is 1. The van der Waals surface area contributed by atoms with E-state index in [1.165, 1.54) is 7.11 Å². The largest absolute Gasteiger partial charge is 0.383 e. The Kier molecular flexibility index (Phi) is 6.91. The summed E-state index contributed by atoms with van der Waals surface area (Å²) in [6.45, 7) is 2.22. The van der Waals surface area contributed by atoms with E-state index in [0.29, 0.717) is 32.8 Å². The van der Waals surface area contributed by atoms with E-state index in [0.717, 1.165) is 0 Å². The summed E-state index contributed by atoms with van der Waals surface area (Å²) in [5.74, 6) is -0.970. The van der Waals surface area contributed by atoms with Crippen LogP contribution >= 0.6 is 0 Å². The van der Waals surface area contributed by atoms with Crippen LogP contribution in [-0.4, -0.2) is 75.2 Å². The van der Waals surface area contributed by atoms with E-state index in [-0.39, 0.29) is 6.54 Å². The first-order valence-electron chi connectivity index (χ1n) is 6.35. The Morgan fingerprint density at radius 1 is 1.45 bits per heavy atom. The average molecular weight is 287 g/mol. The van der Waals surface area contributed by atoms with Crippen LogP contribution in [0.5, 0.6) is 0 Å². The predicted molar refractivity (Wildman–Crippen MR) is 70.8 cm³/mol. The molecule has 0 aromatic heterocycles. The molecule has 1 heterocycles. The molecule has 1 aliphatic heterocycles. The van der Waals surface area contributed by atoms with Gasteiger partial charge in [-0.3, -0.25) is 19.8 Å². The van der Waals surface area contributed by atoms with E-state index >= 15 is 0 Å². The number of primary amides is 1. The fraction of sp³-hybridized carbons (Fsp3) is 0.727. The maximum absolute atomic E-state index is 11.7. The number of methoxy groups -OCH3 is 1. The van der Waals surface area contributed by atoms with Gasteiger partial charge in [0.05, 0.1) is 13.2 Å². The summed E-state index contributed by atoms with van der Waals surface area (Å²) >= 11 is 0. The van der Waals surface area contributed by atoms with Crippen LogP contribution in [0.15, 0.2) is 0 Å². The van der Waals surface area contributed by atoms with Crippen molar-refractivity contribution in [2.75, 3.05) is 46.4 Å². The van der Waals surface area contributed by atoms with Crippen molar-refractivity contribution in [1.82, 2.24) is 20.9 Å². The van der Waals surface area contributed by atoms with Crippen LogP contribution in [0, 0.1) is 0 Å². The molecule has 0 radical (unpaired) electrons. The number of hydrogen-bond donors (Lipinski definition) is 4. The lowest BCUT2D eigenvalue weighted by Crippen LogP contribution is -2.59. The zero-order valence-electron chi connectivity index (χ0n) is 11.5. The number of urea groups is 1. The quantitative estimate of drug-likeness (QED) is 0.391. The summed E-state index contributed by atoms with van der Waals surface area (Å²) in [7, 11) is 1.51. The number of hydrogen-bond acceptors (Lipinski definition) is 6. The maximum Gasteiger partial charge on any atom is 0.321 e. The Bertz CT molecular complexity index is 363. The summed E-state index contributed by atoms with van der Waals surface area (Å²) in [5.41, 5.74) is 5.27. The van der Waals surface area contributed by atoms with Crippen LogP contribution in [0.3, 0.4) is 0 Å². The zero-order chi connectivity index (χ0) is 15.0. The van der Waals surface area contributed by atoms with Gasteiger partial charge in [-0.25, -0.2) is 4.79 Å². The van der Waals surface area contributed by atoms with E-state index in [2.05, 4.69) is 16.0 Å².